The zero-order valence-electron chi connectivity index (χ0n) is 15.4. The summed E-state index contributed by atoms with van der Waals surface area (Å²) in [6.45, 7) is 5.06. The molecule has 1 aliphatic heterocycles. The van der Waals surface area contributed by atoms with Gasteiger partial charge in [0.2, 0.25) is 0 Å². The van der Waals surface area contributed by atoms with Crippen LogP contribution in [0.5, 0.6) is 0 Å². The van der Waals surface area contributed by atoms with Crippen molar-refractivity contribution in [1.82, 2.24) is 5.32 Å². The molecule has 1 unspecified atom stereocenters. The number of benzene rings is 2. The van der Waals surface area contributed by atoms with Crippen molar-refractivity contribution in [3.05, 3.63) is 65.2 Å². The Morgan fingerprint density at radius 2 is 1.85 bits per heavy atom. The predicted octanol–water partition coefficient (Wildman–Crippen LogP) is 2.78. The first-order valence-electron chi connectivity index (χ1n) is 9.05. The molecular weight excluding hydrogens is 344 g/mol. The predicted molar refractivity (Wildman–Crippen MR) is 103 cm³/mol. The molecule has 27 heavy (non-hydrogen) atoms. The summed E-state index contributed by atoms with van der Waals surface area (Å²) < 4.78 is 5.39. The number of hydrogen-bond donors (Lipinski definition) is 2. The van der Waals surface area contributed by atoms with Crippen LogP contribution in [0.3, 0.4) is 0 Å². The van der Waals surface area contributed by atoms with Gasteiger partial charge < -0.3 is 20.1 Å². The molecule has 2 aromatic rings. The second kappa shape index (κ2) is 8.68. The number of amides is 1. The van der Waals surface area contributed by atoms with E-state index in [0.29, 0.717) is 18.8 Å². The summed E-state index contributed by atoms with van der Waals surface area (Å²) in [5, 5.41) is 12.0. The monoisotopic (exact) mass is 368 g/mol. The Bertz CT molecular complexity index is 801. The van der Waals surface area contributed by atoms with E-state index in [0.717, 1.165) is 29.9 Å². The fourth-order valence-electron chi connectivity index (χ4n) is 3.31. The van der Waals surface area contributed by atoms with Crippen LogP contribution in [-0.4, -0.2) is 43.3 Å². The number of carbonyl (C=O) groups excluding carboxylic acids is 1. The van der Waals surface area contributed by atoms with Crippen LogP contribution in [0.1, 0.15) is 33.9 Å². The van der Waals surface area contributed by atoms with Gasteiger partial charge in [0, 0.05) is 24.3 Å². The normalized spacial score (nSPS) is 15.2. The van der Waals surface area contributed by atoms with E-state index < -0.39 is 12.0 Å². The molecular formula is C21H24N2O4. The Hall–Kier alpha value is -2.86. The lowest BCUT2D eigenvalue weighted by Crippen LogP contribution is -2.36. The Morgan fingerprint density at radius 1 is 1.15 bits per heavy atom. The molecule has 1 atom stereocenters. The van der Waals surface area contributed by atoms with Crippen molar-refractivity contribution < 1.29 is 19.4 Å². The van der Waals surface area contributed by atoms with Gasteiger partial charge in [0.25, 0.3) is 5.91 Å². The third-order valence-electron chi connectivity index (χ3n) is 4.70. The molecule has 1 fully saturated rings. The topological polar surface area (TPSA) is 78.9 Å². The molecule has 142 valence electrons. The van der Waals surface area contributed by atoms with E-state index in [1.807, 2.05) is 49.4 Å². The first kappa shape index (κ1) is 18.9. The minimum Gasteiger partial charge on any atom is -0.481 e. The highest BCUT2D eigenvalue weighted by Crippen LogP contribution is 2.23. The lowest BCUT2D eigenvalue weighted by atomic mass is 10.0. The van der Waals surface area contributed by atoms with E-state index in [1.54, 1.807) is 6.07 Å². The molecule has 0 spiro atoms. The average Bonchev–Trinajstić information content (AvgIpc) is 2.68. The van der Waals surface area contributed by atoms with Crippen LogP contribution in [0.4, 0.5) is 5.69 Å². The lowest BCUT2D eigenvalue weighted by Gasteiger charge is -2.30. The first-order chi connectivity index (χ1) is 13.0. The number of morpholine rings is 1. The largest absolute Gasteiger partial charge is 0.481 e. The van der Waals surface area contributed by atoms with Crippen LogP contribution in [0, 0.1) is 6.92 Å². The second-order valence-electron chi connectivity index (χ2n) is 6.64. The summed E-state index contributed by atoms with van der Waals surface area (Å²) >= 11 is 0. The Balaban J connectivity index is 1.75. The number of anilines is 1. The highest BCUT2D eigenvalue weighted by molar-refractivity contribution is 5.95. The smallest absolute Gasteiger partial charge is 0.305 e. The van der Waals surface area contributed by atoms with Crippen LogP contribution in [0.15, 0.2) is 48.5 Å². The molecule has 6 nitrogen and oxygen atoms in total. The summed E-state index contributed by atoms with van der Waals surface area (Å²) in [5.74, 6) is -1.23. The maximum atomic E-state index is 12.7. The van der Waals surface area contributed by atoms with Gasteiger partial charge in [-0.15, -0.1) is 0 Å². The molecule has 1 aliphatic rings. The maximum Gasteiger partial charge on any atom is 0.305 e. The number of nitrogens with zero attached hydrogens (tertiary/aromatic N) is 1. The second-order valence-corrected chi connectivity index (χ2v) is 6.64. The third kappa shape index (κ3) is 4.86. The van der Waals surface area contributed by atoms with E-state index in [1.165, 1.54) is 0 Å². The van der Waals surface area contributed by atoms with E-state index in [2.05, 4.69) is 10.2 Å². The van der Waals surface area contributed by atoms with E-state index in [-0.39, 0.29) is 12.3 Å². The van der Waals surface area contributed by atoms with Gasteiger partial charge in [0.1, 0.15) is 0 Å². The van der Waals surface area contributed by atoms with Crippen molar-refractivity contribution >= 4 is 17.6 Å². The quantitative estimate of drug-likeness (QED) is 0.820. The minimum atomic E-state index is -0.956. The molecule has 3 rings (SSSR count). The highest BCUT2D eigenvalue weighted by atomic mass is 16.5. The molecule has 1 heterocycles. The molecule has 0 aromatic heterocycles. The number of hydrogen-bond acceptors (Lipinski definition) is 4. The molecule has 0 aliphatic carbocycles. The van der Waals surface area contributed by atoms with E-state index in [9.17, 15) is 14.7 Å². The van der Waals surface area contributed by atoms with Crippen molar-refractivity contribution in [2.45, 2.75) is 19.4 Å². The summed E-state index contributed by atoms with van der Waals surface area (Å²) in [6, 6.07) is 14.2. The van der Waals surface area contributed by atoms with Gasteiger partial charge >= 0.3 is 5.97 Å². The standard InChI is InChI=1S/C21H24N2O4/c1-15-13-17(7-8-19(15)23-9-11-27-12-10-23)21(26)22-18(14-20(24)25)16-5-3-2-4-6-16/h2-8,13,18H,9-12,14H2,1H3,(H,22,26)(H,24,25). The van der Waals surface area contributed by atoms with Crippen LogP contribution in [0.2, 0.25) is 0 Å². The average molecular weight is 368 g/mol. The van der Waals surface area contributed by atoms with Gasteiger partial charge in [-0.2, -0.15) is 0 Å². The lowest BCUT2D eigenvalue weighted by molar-refractivity contribution is -0.137. The number of ether oxygens (including phenoxy) is 1. The van der Waals surface area contributed by atoms with Crippen molar-refractivity contribution in [2.75, 3.05) is 31.2 Å². The van der Waals surface area contributed by atoms with Crippen LogP contribution in [-0.2, 0) is 9.53 Å². The van der Waals surface area contributed by atoms with Gasteiger partial charge in [0.05, 0.1) is 25.7 Å². The SMILES string of the molecule is Cc1cc(C(=O)NC(CC(=O)O)c2ccccc2)ccc1N1CCOCC1. The highest BCUT2D eigenvalue weighted by Gasteiger charge is 2.20. The molecule has 2 N–H and O–H groups in total. The minimum absolute atomic E-state index is 0.166. The number of nitrogens with one attached hydrogen (secondary N) is 1. The number of aryl methyl sites for hydroxylation is 1. The maximum absolute atomic E-state index is 12.7. The number of rotatable bonds is 6. The molecule has 1 saturated heterocycles. The van der Waals surface area contributed by atoms with Crippen LogP contribution >= 0.6 is 0 Å². The Labute approximate surface area is 158 Å². The molecule has 6 heteroatoms. The van der Waals surface area contributed by atoms with Gasteiger partial charge in [-0.25, -0.2) is 0 Å². The molecule has 0 saturated carbocycles. The third-order valence-corrected chi connectivity index (χ3v) is 4.70. The molecule has 0 radical (unpaired) electrons. The zero-order chi connectivity index (χ0) is 19.2. The summed E-state index contributed by atoms with van der Waals surface area (Å²) in [7, 11) is 0. The van der Waals surface area contributed by atoms with Crippen LogP contribution in [0.25, 0.3) is 0 Å². The van der Waals surface area contributed by atoms with Gasteiger partial charge in [-0.1, -0.05) is 30.3 Å². The van der Waals surface area contributed by atoms with E-state index >= 15 is 0 Å². The van der Waals surface area contributed by atoms with Crippen molar-refractivity contribution in [3.8, 4) is 0 Å². The summed E-state index contributed by atoms with van der Waals surface area (Å²) in [6.07, 6.45) is -0.166. The number of carboxylic acids is 1. The molecule has 2 aromatic carbocycles. The fraction of sp³-hybridized carbons (Fsp3) is 0.333. The van der Waals surface area contributed by atoms with Crippen LogP contribution < -0.4 is 10.2 Å². The summed E-state index contributed by atoms with van der Waals surface area (Å²) in [4.78, 5) is 26.2. The van der Waals surface area contributed by atoms with Gasteiger partial charge in [-0.05, 0) is 36.2 Å². The molecule has 1 amide bonds. The van der Waals surface area contributed by atoms with Crippen molar-refractivity contribution in [3.63, 3.8) is 0 Å². The number of aliphatic carboxylic acids is 1. The van der Waals surface area contributed by atoms with Crippen molar-refractivity contribution in [2.24, 2.45) is 0 Å². The summed E-state index contributed by atoms with van der Waals surface area (Å²) in [5.41, 5.74) is 3.41. The molecule has 0 bridgehead atoms. The fourth-order valence-corrected chi connectivity index (χ4v) is 3.31. The number of carboxylic acid groups (broad SMARTS) is 1. The first-order valence-corrected chi connectivity index (χ1v) is 9.05. The van der Waals surface area contributed by atoms with Crippen molar-refractivity contribution in [1.29, 1.82) is 0 Å². The Morgan fingerprint density at radius 3 is 2.48 bits per heavy atom. The zero-order valence-corrected chi connectivity index (χ0v) is 15.4. The Kier molecular flexibility index (Phi) is 6.08. The number of carbonyl (C=O) groups is 2. The van der Waals surface area contributed by atoms with Gasteiger partial charge in [-0.3, -0.25) is 9.59 Å². The van der Waals surface area contributed by atoms with Gasteiger partial charge in [0.15, 0.2) is 0 Å². The van der Waals surface area contributed by atoms with E-state index in [4.69, 9.17) is 4.74 Å².